The van der Waals surface area contributed by atoms with Crippen molar-refractivity contribution < 1.29 is 14.7 Å². The number of aromatic carboxylic acids is 1. The van der Waals surface area contributed by atoms with Gasteiger partial charge in [0.2, 0.25) is 11.6 Å². The van der Waals surface area contributed by atoms with Crippen LogP contribution in [0, 0.1) is 11.8 Å². The number of nitrogens with zero attached hydrogens (tertiary/aromatic N) is 2. The summed E-state index contributed by atoms with van der Waals surface area (Å²) in [6, 6.07) is 14.7. The normalized spacial score (nSPS) is 18.6. The molecule has 2 atom stereocenters. The molecule has 0 spiro atoms. The van der Waals surface area contributed by atoms with Crippen LogP contribution in [-0.4, -0.2) is 32.0 Å². The van der Waals surface area contributed by atoms with Gasteiger partial charge in [-0.15, -0.1) is 0 Å². The average Bonchev–Trinajstić information content (AvgIpc) is 3.27. The van der Waals surface area contributed by atoms with E-state index in [9.17, 15) is 14.7 Å². The van der Waals surface area contributed by atoms with Crippen molar-refractivity contribution in [1.82, 2.24) is 15.2 Å². The van der Waals surface area contributed by atoms with Gasteiger partial charge in [-0.2, -0.15) is 5.10 Å². The predicted molar refractivity (Wildman–Crippen MR) is 118 cm³/mol. The predicted octanol–water partition coefficient (Wildman–Crippen LogP) is 5.16. The molecule has 1 aliphatic carbocycles. The van der Waals surface area contributed by atoms with Crippen molar-refractivity contribution >= 4 is 11.8 Å². The van der Waals surface area contributed by atoms with Gasteiger partial charge in [0.05, 0.1) is 5.56 Å². The van der Waals surface area contributed by atoms with Crippen LogP contribution in [-0.2, 0) is 6.42 Å². The highest BCUT2D eigenvalue weighted by molar-refractivity contribution is 5.96. The van der Waals surface area contributed by atoms with Crippen LogP contribution >= 0.6 is 0 Å². The zero-order chi connectivity index (χ0) is 21.8. The number of carbonyl (C=O) groups is 2. The molecule has 2 unspecified atom stereocenters. The van der Waals surface area contributed by atoms with Crippen LogP contribution in [0.1, 0.15) is 71.4 Å². The number of carboxylic acid groups (broad SMARTS) is 1. The molecule has 2 aromatic carbocycles. The molecule has 0 bridgehead atoms. The lowest BCUT2D eigenvalue weighted by Crippen LogP contribution is -2.23. The third-order valence-electron chi connectivity index (χ3n) is 6.28. The molecule has 1 saturated carbocycles. The number of benzene rings is 2. The lowest BCUT2D eigenvalue weighted by Gasteiger charge is -2.26. The summed E-state index contributed by atoms with van der Waals surface area (Å²) < 4.78 is 0. The van der Waals surface area contributed by atoms with Crippen molar-refractivity contribution in [2.75, 3.05) is 0 Å². The number of carbonyl (C=O) groups excluding carboxylic acids is 1. The van der Waals surface area contributed by atoms with Crippen molar-refractivity contribution in [3.8, 4) is 11.1 Å². The largest absolute Gasteiger partial charge is 0.478 e. The lowest BCUT2D eigenvalue weighted by atomic mass is 9.78. The minimum absolute atomic E-state index is 0.0379. The van der Waals surface area contributed by atoms with E-state index in [0.29, 0.717) is 29.6 Å². The zero-order valence-electron chi connectivity index (χ0n) is 17.7. The van der Waals surface area contributed by atoms with Crippen LogP contribution < -0.4 is 0 Å². The van der Waals surface area contributed by atoms with Gasteiger partial charge in [0, 0.05) is 12.3 Å². The number of ketones is 1. The quantitative estimate of drug-likeness (QED) is 0.518. The second kappa shape index (κ2) is 9.25. The maximum atomic E-state index is 12.8. The first-order valence-electron chi connectivity index (χ1n) is 10.9. The summed E-state index contributed by atoms with van der Waals surface area (Å²) in [7, 11) is 0. The van der Waals surface area contributed by atoms with E-state index in [4.69, 9.17) is 0 Å². The van der Waals surface area contributed by atoms with E-state index in [1.165, 1.54) is 6.42 Å². The number of nitrogens with one attached hydrogen (secondary N) is 1. The van der Waals surface area contributed by atoms with E-state index in [0.717, 1.165) is 36.8 Å². The van der Waals surface area contributed by atoms with Crippen molar-refractivity contribution in [2.24, 2.45) is 11.8 Å². The minimum Gasteiger partial charge on any atom is -0.478 e. The van der Waals surface area contributed by atoms with Gasteiger partial charge in [0.1, 0.15) is 5.82 Å². The number of aromatic amines is 1. The maximum Gasteiger partial charge on any atom is 0.336 e. The molecule has 0 radical (unpaired) electrons. The summed E-state index contributed by atoms with van der Waals surface area (Å²) in [5.41, 5.74) is 2.82. The summed E-state index contributed by atoms with van der Waals surface area (Å²) in [5.74, 6) is 0.735. The molecule has 4 rings (SSSR count). The fourth-order valence-electron chi connectivity index (χ4n) is 4.48. The standard InChI is InChI=1S/C25H27N3O3/c1-2-16-6-5-7-19(14-16)23(29)24-26-22(27-28-24)15-17-10-12-18(13-11-17)20-8-3-4-9-21(20)25(30)31/h3-4,8-13,16,19H,2,5-7,14-15H2,1H3,(H,30,31)(H,26,27,28). The minimum atomic E-state index is -0.943. The molecule has 1 aliphatic rings. The molecule has 1 fully saturated rings. The van der Waals surface area contributed by atoms with E-state index < -0.39 is 5.97 Å². The Kier molecular flexibility index (Phi) is 6.26. The molecule has 160 valence electrons. The van der Waals surface area contributed by atoms with Crippen LogP contribution in [0.3, 0.4) is 0 Å². The highest BCUT2D eigenvalue weighted by Crippen LogP contribution is 2.32. The molecular formula is C25H27N3O3. The first-order chi connectivity index (χ1) is 15.0. The Morgan fingerprint density at radius 1 is 1.10 bits per heavy atom. The number of Topliss-reactive ketones (excluding diaryl/α,β-unsaturated/α-hetero) is 1. The third-order valence-corrected chi connectivity index (χ3v) is 6.28. The molecule has 0 amide bonds. The smallest absolute Gasteiger partial charge is 0.336 e. The topological polar surface area (TPSA) is 95.9 Å². The molecule has 31 heavy (non-hydrogen) atoms. The van der Waals surface area contributed by atoms with Crippen LogP contribution in [0.2, 0.25) is 0 Å². The summed E-state index contributed by atoms with van der Waals surface area (Å²) in [6.45, 7) is 2.19. The Bertz CT molecular complexity index is 1070. The number of H-pyrrole nitrogens is 1. The monoisotopic (exact) mass is 417 g/mol. The second-order valence-corrected chi connectivity index (χ2v) is 8.33. The molecule has 1 heterocycles. The van der Waals surface area contributed by atoms with E-state index in [2.05, 4.69) is 22.1 Å². The third kappa shape index (κ3) is 4.74. The van der Waals surface area contributed by atoms with Crippen LogP contribution in [0.15, 0.2) is 48.5 Å². The molecule has 6 heteroatoms. The fraction of sp³-hybridized carbons (Fsp3) is 0.360. The van der Waals surface area contributed by atoms with Crippen molar-refractivity contribution in [1.29, 1.82) is 0 Å². The van der Waals surface area contributed by atoms with E-state index in [-0.39, 0.29) is 17.3 Å². The highest BCUT2D eigenvalue weighted by atomic mass is 16.4. The van der Waals surface area contributed by atoms with E-state index in [1.807, 2.05) is 30.3 Å². The van der Waals surface area contributed by atoms with Gasteiger partial charge in [0.25, 0.3) is 0 Å². The van der Waals surface area contributed by atoms with E-state index in [1.54, 1.807) is 18.2 Å². The number of aromatic nitrogens is 3. The summed E-state index contributed by atoms with van der Waals surface area (Å²) in [5, 5.41) is 16.5. The molecule has 3 aromatic rings. The van der Waals surface area contributed by atoms with Gasteiger partial charge < -0.3 is 5.11 Å². The van der Waals surface area contributed by atoms with Crippen LogP contribution in [0.4, 0.5) is 0 Å². The highest BCUT2D eigenvalue weighted by Gasteiger charge is 2.29. The summed E-state index contributed by atoms with van der Waals surface area (Å²) in [6.07, 6.45) is 5.84. The second-order valence-electron chi connectivity index (χ2n) is 8.33. The molecule has 2 N–H and O–H groups in total. The number of rotatable bonds is 7. The SMILES string of the molecule is CCC1CCCC(C(=O)c2n[nH]c(Cc3ccc(-c4ccccc4C(=O)O)cc3)n2)C1. The summed E-state index contributed by atoms with van der Waals surface area (Å²) >= 11 is 0. The van der Waals surface area contributed by atoms with Gasteiger partial charge in [0.15, 0.2) is 0 Å². The van der Waals surface area contributed by atoms with Gasteiger partial charge in [-0.1, -0.05) is 68.7 Å². The Morgan fingerprint density at radius 3 is 2.61 bits per heavy atom. The van der Waals surface area contributed by atoms with E-state index >= 15 is 0 Å². The van der Waals surface area contributed by atoms with Crippen LogP contribution in [0.5, 0.6) is 0 Å². The molecule has 6 nitrogen and oxygen atoms in total. The Hall–Kier alpha value is -3.28. The van der Waals surface area contributed by atoms with Crippen molar-refractivity contribution in [2.45, 2.75) is 45.4 Å². The summed E-state index contributed by atoms with van der Waals surface area (Å²) in [4.78, 5) is 28.7. The Morgan fingerprint density at radius 2 is 1.87 bits per heavy atom. The zero-order valence-corrected chi connectivity index (χ0v) is 17.7. The van der Waals surface area contributed by atoms with Gasteiger partial charge >= 0.3 is 5.97 Å². The lowest BCUT2D eigenvalue weighted by molar-refractivity contribution is 0.0697. The number of hydrogen-bond donors (Lipinski definition) is 2. The number of carboxylic acids is 1. The van der Waals surface area contributed by atoms with Gasteiger partial charge in [-0.3, -0.25) is 9.89 Å². The molecule has 1 aromatic heterocycles. The Balaban J connectivity index is 1.44. The van der Waals surface area contributed by atoms with Crippen LogP contribution in [0.25, 0.3) is 11.1 Å². The van der Waals surface area contributed by atoms with Gasteiger partial charge in [-0.05, 0) is 41.5 Å². The average molecular weight is 418 g/mol. The maximum absolute atomic E-state index is 12.8. The van der Waals surface area contributed by atoms with Gasteiger partial charge in [-0.25, -0.2) is 9.78 Å². The van der Waals surface area contributed by atoms with Crippen molar-refractivity contribution in [3.05, 3.63) is 71.3 Å². The molecule has 0 aliphatic heterocycles. The number of hydrogen-bond acceptors (Lipinski definition) is 4. The van der Waals surface area contributed by atoms with Crippen molar-refractivity contribution in [3.63, 3.8) is 0 Å². The molecule has 0 saturated heterocycles. The first kappa shape index (κ1) is 21.0. The first-order valence-corrected chi connectivity index (χ1v) is 10.9. The Labute approximate surface area is 181 Å². The molecular weight excluding hydrogens is 390 g/mol. The fourth-order valence-corrected chi connectivity index (χ4v) is 4.48.